The predicted molar refractivity (Wildman–Crippen MR) is 322 cm³/mol. The summed E-state index contributed by atoms with van der Waals surface area (Å²) in [6.45, 7) is 3.65. The Hall–Kier alpha value is -2.63. The Balaban J connectivity index is 2.09. The quantitative estimate of drug-likeness (QED) is 0.0261. The summed E-state index contributed by atoms with van der Waals surface area (Å²) < 4.78 is 11.3. The smallest absolute Gasteiger partial charge is 0.220 e. The molecule has 0 aromatic carbocycles. The summed E-state index contributed by atoms with van der Waals surface area (Å²) in [5.41, 5.74) is 0. The number of nitrogens with one attached hydrogen (secondary N) is 1. The SMILES string of the molecule is CC/C=C\C/C=C\C/C=C\C/C=C\CCCCCCCCCCCCCCCCCCCCCCCCCCC(=O)NC(COC1OC(CO)C(O)C(O)C1O)C(O)/C=C/CC/C=C/CC/C=C/CCCCCCCC. The van der Waals surface area contributed by atoms with Crippen molar-refractivity contribution in [2.24, 2.45) is 0 Å². The molecule has 1 rings (SSSR count). The number of aliphatic hydroxyl groups excluding tert-OH is 5. The van der Waals surface area contributed by atoms with Crippen LogP contribution in [0.3, 0.4) is 0 Å². The second-order valence-electron chi connectivity index (χ2n) is 21.8. The van der Waals surface area contributed by atoms with Crippen LogP contribution in [-0.4, -0.2) is 87.5 Å². The van der Waals surface area contributed by atoms with Crippen LogP contribution >= 0.6 is 0 Å². The summed E-state index contributed by atoms with van der Waals surface area (Å²) in [5, 5.41) is 54.5. The molecule has 0 bridgehead atoms. The predicted octanol–water partition coefficient (Wildman–Crippen LogP) is 16.6. The molecule has 76 heavy (non-hydrogen) atoms. The third-order valence-electron chi connectivity index (χ3n) is 14.7. The molecule has 440 valence electrons. The summed E-state index contributed by atoms with van der Waals surface area (Å²) in [4.78, 5) is 13.1. The number of hydrogen-bond donors (Lipinski definition) is 6. The van der Waals surface area contributed by atoms with Gasteiger partial charge in [-0.25, -0.2) is 0 Å². The highest BCUT2D eigenvalue weighted by atomic mass is 16.7. The Kier molecular flexibility index (Phi) is 52.3. The Morgan fingerprint density at radius 1 is 0.461 bits per heavy atom. The van der Waals surface area contributed by atoms with E-state index in [9.17, 15) is 30.3 Å². The van der Waals surface area contributed by atoms with E-state index >= 15 is 0 Å². The van der Waals surface area contributed by atoms with Crippen LogP contribution in [0.25, 0.3) is 0 Å². The second-order valence-corrected chi connectivity index (χ2v) is 21.8. The molecule has 9 nitrogen and oxygen atoms in total. The van der Waals surface area contributed by atoms with E-state index in [1.807, 2.05) is 6.08 Å². The molecule has 1 amide bonds. The van der Waals surface area contributed by atoms with Crippen molar-refractivity contribution in [3.8, 4) is 0 Å². The van der Waals surface area contributed by atoms with Crippen molar-refractivity contribution in [1.29, 1.82) is 0 Å². The third-order valence-corrected chi connectivity index (χ3v) is 14.7. The maximum absolute atomic E-state index is 13.1. The van der Waals surface area contributed by atoms with Gasteiger partial charge in [0, 0.05) is 6.42 Å². The van der Waals surface area contributed by atoms with Crippen LogP contribution in [0.4, 0.5) is 0 Å². The Labute approximate surface area is 467 Å². The molecule has 9 heteroatoms. The van der Waals surface area contributed by atoms with Crippen molar-refractivity contribution in [3.05, 3.63) is 85.1 Å². The largest absolute Gasteiger partial charge is 0.394 e. The van der Waals surface area contributed by atoms with E-state index in [0.29, 0.717) is 6.42 Å². The Morgan fingerprint density at radius 3 is 1.26 bits per heavy atom. The van der Waals surface area contributed by atoms with Gasteiger partial charge in [0.25, 0.3) is 0 Å². The van der Waals surface area contributed by atoms with Gasteiger partial charge in [-0.05, 0) is 83.5 Å². The Bertz CT molecular complexity index is 1470. The van der Waals surface area contributed by atoms with E-state index in [2.05, 4.69) is 92.1 Å². The summed E-state index contributed by atoms with van der Waals surface area (Å²) in [7, 11) is 0. The highest BCUT2D eigenvalue weighted by Gasteiger charge is 2.44. The van der Waals surface area contributed by atoms with Crippen molar-refractivity contribution in [3.63, 3.8) is 0 Å². The standard InChI is InChI=1S/C67H119NO8/c1-3-5-7-9-11-13-15-17-19-21-22-23-24-25-26-27-28-29-30-31-32-33-34-35-36-37-38-39-40-41-43-45-47-49-51-53-55-57-63(71)68-60(59-75-67-66(74)65(73)64(72)62(58-69)76-67)61(70)56-54-52-50-48-46-44-42-20-18-16-14-12-10-8-6-4-2/h5,7,11,13,17-20,22-23,46,48,54,56,60-62,64-67,69-70,72-74H,3-4,6,8-10,12,14-16,21,24-45,47,49-53,55,57-59H2,1-2H3,(H,68,71)/b7-5-,13-11-,19-17-,20-18+,23-22-,48-46+,56-54+. The number of carbonyl (C=O) groups excluding carboxylic acids is 1. The topological polar surface area (TPSA) is 149 Å². The van der Waals surface area contributed by atoms with Gasteiger partial charge in [0.1, 0.15) is 24.4 Å². The number of carbonyl (C=O) groups is 1. The molecule has 7 unspecified atom stereocenters. The maximum atomic E-state index is 13.1. The lowest BCUT2D eigenvalue weighted by atomic mass is 9.99. The summed E-state index contributed by atoms with van der Waals surface area (Å²) in [5.74, 6) is -0.189. The minimum absolute atomic E-state index is 0.189. The third kappa shape index (κ3) is 44.2. The van der Waals surface area contributed by atoms with Crippen molar-refractivity contribution in [2.75, 3.05) is 13.2 Å². The summed E-state index contributed by atoms with van der Waals surface area (Å²) in [6, 6.07) is -0.830. The number of hydrogen-bond acceptors (Lipinski definition) is 8. The molecule has 0 aromatic rings. The van der Waals surface area contributed by atoms with Crippen molar-refractivity contribution >= 4 is 5.91 Å². The molecule has 0 aliphatic carbocycles. The minimum Gasteiger partial charge on any atom is -0.394 e. The molecule has 0 saturated carbocycles. The number of rotatable bonds is 54. The van der Waals surface area contributed by atoms with Gasteiger partial charge in [-0.1, -0.05) is 272 Å². The van der Waals surface area contributed by atoms with Gasteiger partial charge in [-0.15, -0.1) is 0 Å². The number of unbranched alkanes of at least 4 members (excludes halogenated alkanes) is 32. The molecule has 1 saturated heterocycles. The van der Waals surface area contributed by atoms with Gasteiger partial charge < -0.3 is 40.3 Å². The second kappa shape index (κ2) is 55.7. The van der Waals surface area contributed by atoms with Gasteiger partial charge in [-0.3, -0.25) is 4.79 Å². The lowest BCUT2D eigenvalue weighted by molar-refractivity contribution is -0.302. The fraction of sp³-hybridized carbons (Fsp3) is 0.776. The highest BCUT2D eigenvalue weighted by Crippen LogP contribution is 2.23. The first-order valence-corrected chi connectivity index (χ1v) is 31.8. The number of ether oxygens (including phenoxy) is 2. The van der Waals surface area contributed by atoms with Crippen molar-refractivity contribution < 1.29 is 39.8 Å². The molecule has 1 heterocycles. The van der Waals surface area contributed by atoms with Crippen molar-refractivity contribution in [2.45, 2.75) is 320 Å². The van der Waals surface area contributed by atoms with E-state index in [-0.39, 0.29) is 12.5 Å². The molecule has 1 fully saturated rings. The van der Waals surface area contributed by atoms with Crippen molar-refractivity contribution in [1.82, 2.24) is 5.32 Å². The first kappa shape index (κ1) is 71.4. The average Bonchev–Trinajstić information content (AvgIpc) is 3.42. The molecule has 1 aliphatic rings. The maximum Gasteiger partial charge on any atom is 0.220 e. The van der Waals surface area contributed by atoms with E-state index in [0.717, 1.165) is 77.0 Å². The van der Waals surface area contributed by atoms with Crippen LogP contribution in [-0.2, 0) is 14.3 Å². The van der Waals surface area contributed by atoms with E-state index in [1.54, 1.807) is 6.08 Å². The molecule has 6 N–H and O–H groups in total. The molecular formula is C67H119NO8. The zero-order valence-electron chi connectivity index (χ0n) is 49.0. The minimum atomic E-state index is -1.58. The van der Waals surface area contributed by atoms with E-state index in [1.165, 1.54) is 180 Å². The van der Waals surface area contributed by atoms with Gasteiger partial charge >= 0.3 is 0 Å². The van der Waals surface area contributed by atoms with Gasteiger partial charge in [0.05, 0.1) is 25.4 Å². The number of allylic oxidation sites excluding steroid dienone is 13. The molecule has 7 atom stereocenters. The van der Waals surface area contributed by atoms with Gasteiger partial charge in [0.2, 0.25) is 5.91 Å². The molecule has 0 radical (unpaired) electrons. The molecule has 0 aromatic heterocycles. The van der Waals surface area contributed by atoms with Crippen LogP contribution < -0.4 is 5.32 Å². The van der Waals surface area contributed by atoms with Crippen LogP contribution in [0.15, 0.2) is 85.1 Å². The zero-order chi connectivity index (χ0) is 55.0. The van der Waals surface area contributed by atoms with Crippen LogP contribution in [0.2, 0.25) is 0 Å². The summed E-state index contributed by atoms with van der Waals surface area (Å²) in [6.07, 6.45) is 72.6. The number of aliphatic hydroxyl groups is 5. The van der Waals surface area contributed by atoms with Crippen LogP contribution in [0, 0.1) is 0 Å². The lowest BCUT2D eigenvalue weighted by Gasteiger charge is -2.40. The Morgan fingerprint density at radius 2 is 0.829 bits per heavy atom. The van der Waals surface area contributed by atoms with E-state index < -0.39 is 49.5 Å². The monoisotopic (exact) mass is 1070 g/mol. The highest BCUT2D eigenvalue weighted by molar-refractivity contribution is 5.76. The normalized spacial score (nSPS) is 19.4. The fourth-order valence-corrected chi connectivity index (χ4v) is 9.71. The van der Waals surface area contributed by atoms with Crippen LogP contribution in [0.1, 0.15) is 277 Å². The number of amides is 1. The fourth-order valence-electron chi connectivity index (χ4n) is 9.71. The van der Waals surface area contributed by atoms with Gasteiger partial charge in [-0.2, -0.15) is 0 Å². The molecular weight excluding hydrogens is 947 g/mol. The van der Waals surface area contributed by atoms with Gasteiger partial charge in [0.15, 0.2) is 6.29 Å². The molecule has 0 spiro atoms. The lowest BCUT2D eigenvalue weighted by Crippen LogP contribution is -2.60. The average molecular weight is 1070 g/mol. The first-order valence-electron chi connectivity index (χ1n) is 31.8. The summed E-state index contributed by atoms with van der Waals surface area (Å²) >= 11 is 0. The molecule has 1 aliphatic heterocycles. The zero-order valence-corrected chi connectivity index (χ0v) is 49.0. The van der Waals surface area contributed by atoms with E-state index in [4.69, 9.17) is 9.47 Å². The first-order chi connectivity index (χ1) is 37.3. The van der Waals surface area contributed by atoms with Crippen LogP contribution in [0.5, 0.6) is 0 Å².